The van der Waals surface area contributed by atoms with Gasteiger partial charge >= 0.3 is 0 Å². The molecule has 2 rings (SSSR count). The van der Waals surface area contributed by atoms with Gasteiger partial charge < -0.3 is 9.47 Å². The normalized spacial score (nSPS) is 19.7. The van der Waals surface area contributed by atoms with Crippen molar-refractivity contribution in [3.8, 4) is 5.75 Å². The average molecular weight is 243 g/mol. The Hall–Kier alpha value is -0.540. The van der Waals surface area contributed by atoms with Gasteiger partial charge in [-0.15, -0.1) is 0 Å². The predicted octanol–water partition coefficient (Wildman–Crippen LogP) is 2.40. The molecule has 2 nitrogen and oxygen atoms in total. The monoisotopic (exact) mass is 242 g/mol. The van der Waals surface area contributed by atoms with E-state index in [1.165, 1.54) is 5.56 Å². The highest BCUT2D eigenvalue weighted by Crippen LogP contribution is 2.31. The topological polar surface area (TPSA) is 18.5 Å². The molecule has 0 radical (unpaired) electrons. The molecule has 0 aliphatic carbocycles. The molecule has 0 fully saturated rings. The first kappa shape index (κ1) is 9.03. The SMILES string of the molecule is COCC1Cc2cc(Br)ccc2O1. The van der Waals surface area contributed by atoms with Crippen LogP contribution in [0, 0.1) is 0 Å². The van der Waals surface area contributed by atoms with Gasteiger partial charge in [0, 0.05) is 18.0 Å². The molecule has 0 bridgehead atoms. The van der Waals surface area contributed by atoms with Crippen LogP contribution < -0.4 is 4.74 Å². The number of rotatable bonds is 2. The van der Waals surface area contributed by atoms with Crippen molar-refractivity contribution in [2.45, 2.75) is 12.5 Å². The van der Waals surface area contributed by atoms with E-state index in [2.05, 4.69) is 22.0 Å². The van der Waals surface area contributed by atoms with E-state index < -0.39 is 0 Å². The van der Waals surface area contributed by atoms with Gasteiger partial charge in [0.25, 0.3) is 0 Å². The molecule has 70 valence electrons. The molecule has 0 aromatic heterocycles. The highest BCUT2D eigenvalue weighted by Gasteiger charge is 2.22. The molecule has 1 atom stereocenters. The highest BCUT2D eigenvalue weighted by molar-refractivity contribution is 9.10. The molecule has 0 saturated carbocycles. The van der Waals surface area contributed by atoms with Crippen LogP contribution in [-0.4, -0.2) is 19.8 Å². The summed E-state index contributed by atoms with van der Waals surface area (Å²) in [6.07, 6.45) is 1.14. The molecule has 1 heterocycles. The van der Waals surface area contributed by atoms with E-state index in [9.17, 15) is 0 Å². The van der Waals surface area contributed by atoms with Crippen LogP contribution in [0.25, 0.3) is 0 Å². The van der Waals surface area contributed by atoms with Gasteiger partial charge in [-0.25, -0.2) is 0 Å². The third-order valence-electron chi connectivity index (χ3n) is 2.12. The molecule has 13 heavy (non-hydrogen) atoms. The number of methoxy groups -OCH3 is 1. The third-order valence-corrected chi connectivity index (χ3v) is 2.61. The van der Waals surface area contributed by atoms with E-state index in [4.69, 9.17) is 9.47 Å². The number of ether oxygens (including phenoxy) is 2. The second kappa shape index (κ2) is 3.68. The molecule has 3 heteroatoms. The van der Waals surface area contributed by atoms with Crippen LogP contribution in [0.2, 0.25) is 0 Å². The average Bonchev–Trinajstić information content (AvgIpc) is 2.46. The number of hydrogen-bond donors (Lipinski definition) is 0. The molecular formula is C10H11BrO2. The summed E-state index contributed by atoms with van der Waals surface area (Å²) in [6, 6.07) is 6.09. The molecule has 0 N–H and O–H groups in total. The predicted molar refractivity (Wildman–Crippen MR) is 54.1 cm³/mol. The lowest BCUT2D eigenvalue weighted by Gasteiger charge is -2.07. The molecule has 0 amide bonds. The zero-order valence-electron chi connectivity index (χ0n) is 7.42. The Morgan fingerprint density at radius 2 is 2.46 bits per heavy atom. The minimum atomic E-state index is 0.189. The Labute approximate surface area is 86.0 Å². The largest absolute Gasteiger partial charge is 0.487 e. The van der Waals surface area contributed by atoms with E-state index in [-0.39, 0.29) is 6.10 Å². The van der Waals surface area contributed by atoms with Crippen molar-refractivity contribution >= 4 is 15.9 Å². The van der Waals surface area contributed by atoms with Crippen LogP contribution in [0.15, 0.2) is 22.7 Å². The maximum atomic E-state index is 5.66. The van der Waals surface area contributed by atoms with Crippen LogP contribution in [0.3, 0.4) is 0 Å². The van der Waals surface area contributed by atoms with Gasteiger partial charge in [-0.05, 0) is 23.8 Å². The van der Waals surface area contributed by atoms with Crippen molar-refractivity contribution in [2.75, 3.05) is 13.7 Å². The lowest BCUT2D eigenvalue weighted by Crippen LogP contribution is -2.19. The minimum absolute atomic E-state index is 0.189. The zero-order valence-corrected chi connectivity index (χ0v) is 9.00. The number of benzene rings is 1. The Kier molecular flexibility index (Phi) is 2.56. The Morgan fingerprint density at radius 3 is 3.23 bits per heavy atom. The van der Waals surface area contributed by atoms with Gasteiger partial charge in [0.1, 0.15) is 11.9 Å². The maximum Gasteiger partial charge on any atom is 0.126 e. The van der Waals surface area contributed by atoms with E-state index in [1.54, 1.807) is 7.11 Å². The first-order valence-corrected chi connectivity index (χ1v) is 5.03. The van der Waals surface area contributed by atoms with Crippen molar-refractivity contribution in [3.63, 3.8) is 0 Å². The second-order valence-corrected chi connectivity index (χ2v) is 4.07. The first-order valence-electron chi connectivity index (χ1n) is 4.23. The van der Waals surface area contributed by atoms with E-state index in [0.29, 0.717) is 6.61 Å². The fourth-order valence-electron chi connectivity index (χ4n) is 1.57. The van der Waals surface area contributed by atoms with Gasteiger partial charge in [0.05, 0.1) is 6.61 Å². The second-order valence-electron chi connectivity index (χ2n) is 3.15. The van der Waals surface area contributed by atoms with Crippen molar-refractivity contribution in [3.05, 3.63) is 28.2 Å². The number of hydrogen-bond acceptors (Lipinski definition) is 2. The number of fused-ring (bicyclic) bond motifs is 1. The fourth-order valence-corrected chi connectivity index (χ4v) is 1.98. The van der Waals surface area contributed by atoms with Crippen molar-refractivity contribution in [1.29, 1.82) is 0 Å². The quantitative estimate of drug-likeness (QED) is 0.794. The summed E-state index contributed by atoms with van der Waals surface area (Å²) in [5.41, 5.74) is 1.26. The Bertz CT molecular complexity index is 312. The molecule has 0 saturated heterocycles. The molecule has 1 unspecified atom stereocenters. The van der Waals surface area contributed by atoms with E-state index in [1.807, 2.05) is 12.1 Å². The van der Waals surface area contributed by atoms with Crippen LogP contribution in [0.4, 0.5) is 0 Å². The Morgan fingerprint density at radius 1 is 1.62 bits per heavy atom. The third kappa shape index (κ3) is 1.86. The summed E-state index contributed by atoms with van der Waals surface area (Å²) in [7, 11) is 1.70. The smallest absolute Gasteiger partial charge is 0.126 e. The minimum Gasteiger partial charge on any atom is -0.487 e. The zero-order chi connectivity index (χ0) is 9.26. The number of halogens is 1. The van der Waals surface area contributed by atoms with Gasteiger partial charge in [-0.1, -0.05) is 15.9 Å². The lowest BCUT2D eigenvalue weighted by molar-refractivity contribution is 0.0951. The summed E-state index contributed by atoms with van der Waals surface area (Å²) < 4.78 is 11.8. The Balaban J connectivity index is 2.16. The van der Waals surface area contributed by atoms with Crippen LogP contribution in [-0.2, 0) is 11.2 Å². The summed E-state index contributed by atoms with van der Waals surface area (Å²) in [4.78, 5) is 0. The highest BCUT2D eigenvalue weighted by atomic mass is 79.9. The van der Waals surface area contributed by atoms with Crippen molar-refractivity contribution in [2.24, 2.45) is 0 Å². The molecule has 1 aliphatic rings. The fraction of sp³-hybridized carbons (Fsp3) is 0.400. The molecule has 1 aromatic rings. The van der Waals surface area contributed by atoms with Crippen molar-refractivity contribution in [1.82, 2.24) is 0 Å². The molecular weight excluding hydrogens is 232 g/mol. The molecule has 0 spiro atoms. The van der Waals surface area contributed by atoms with Gasteiger partial charge in [-0.3, -0.25) is 0 Å². The van der Waals surface area contributed by atoms with Crippen molar-refractivity contribution < 1.29 is 9.47 Å². The van der Waals surface area contributed by atoms with E-state index >= 15 is 0 Å². The summed E-state index contributed by atoms with van der Waals surface area (Å²) in [6.45, 7) is 0.659. The summed E-state index contributed by atoms with van der Waals surface area (Å²) in [5.74, 6) is 0.991. The standard InChI is InChI=1S/C10H11BrO2/c1-12-6-9-5-7-4-8(11)2-3-10(7)13-9/h2-4,9H,5-6H2,1H3. The lowest BCUT2D eigenvalue weighted by atomic mass is 10.1. The van der Waals surface area contributed by atoms with Gasteiger partial charge in [0.15, 0.2) is 0 Å². The van der Waals surface area contributed by atoms with Gasteiger partial charge in [-0.2, -0.15) is 0 Å². The maximum absolute atomic E-state index is 5.66. The first-order chi connectivity index (χ1) is 6.29. The van der Waals surface area contributed by atoms with E-state index in [0.717, 1.165) is 16.6 Å². The van der Waals surface area contributed by atoms with Crippen LogP contribution in [0.1, 0.15) is 5.56 Å². The van der Waals surface area contributed by atoms with Crippen LogP contribution >= 0.6 is 15.9 Å². The van der Waals surface area contributed by atoms with Crippen LogP contribution in [0.5, 0.6) is 5.75 Å². The van der Waals surface area contributed by atoms with Gasteiger partial charge in [0.2, 0.25) is 0 Å². The summed E-state index contributed by atoms with van der Waals surface area (Å²) in [5, 5.41) is 0. The molecule has 1 aromatic carbocycles. The summed E-state index contributed by atoms with van der Waals surface area (Å²) >= 11 is 3.44. The molecule has 1 aliphatic heterocycles.